The highest BCUT2D eigenvalue weighted by atomic mass is 19.4. The summed E-state index contributed by atoms with van der Waals surface area (Å²) in [5.74, 6) is -5.11. The van der Waals surface area contributed by atoms with E-state index in [-0.39, 0.29) is 19.6 Å². The molecule has 0 saturated carbocycles. The Bertz CT molecular complexity index is 562. The number of halogens is 3. The molecule has 1 aromatic rings. The Hall–Kier alpha value is -2.25. The van der Waals surface area contributed by atoms with E-state index in [9.17, 15) is 22.8 Å². The molecule has 1 fully saturated rings. The van der Waals surface area contributed by atoms with Crippen LogP contribution in [0.25, 0.3) is 0 Å². The Balaban J connectivity index is 1.98. The van der Waals surface area contributed by atoms with Crippen LogP contribution in [0, 0.1) is 11.8 Å². The molecule has 126 valence electrons. The highest BCUT2D eigenvalue weighted by Crippen LogP contribution is 2.37. The third-order valence-corrected chi connectivity index (χ3v) is 3.81. The molecule has 8 heteroatoms. The Morgan fingerprint density at radius 2 is 1.91 bits per heavy atom. The second-order valence-corrected chi connectivity index (χ2v) is 5.37. The monoisotopic (exact) mass is 331 g/mol. The Morgan fingerprint density at radius 1 is 1.26 bits per heavy atom. The van der Waals surface area contributed by atoms with Crippen molar-refractivity contribution in [2.24, 2.45) is 11.8 Å². The lowest BCUT2D eigenvalue weighted by Crippen LogP contribution is -2.51. The van der Waals surface area contributed by atoms with Crippen LogP contribution in [0.2, 0.25) is 0 Å². The van der Waals surface area contributed by atoms with Crippen LogP contribution < -0.4 is 0 Å². The zero-order valence-electron chi connectivity index (χ0n) is 12.1. The van der Waals surface area contributed by atoms with Crippen molar-refractivity contribution < 1.29 is 32.6 Å². The van der Waals surface area contributed by atoms with E-state index < -0.39 is 36.6 Å². The summed E-state index contributed by atoms with van der Waals surface area (Å²) in [6, 6.07) is 8.74. The van der Waals surface area contributed by atoms with Crippen molar-refractivity contribution in [1.29, 1.82) is 0 Å². The van der Waals surface area contributed by atoms with Crippen molar-refractivity contribution in [2.75, 3.05) is 13.1 Å². The first-order valence-corrected chi connectivity index (χ1v) is 7.04. The molecule has 2 atom stereocenters. The van der Waals surface area contributed by atoms with E-state index in [1.54, 1.807) is 30.3 Å². The number of aliphatic carboxylic acids is 1. The summed E-state index contributed by atoms with van der Waals surface area (Å²) < 4.78 is 44.0. The van der Waals surface area contributed by atoms with Crippen LogP contribution in [0.1, 0.15) is 12.0 Å². The normalized spacial score (nSPS) is 21.8. The molecule has 0 radical (unpaired) electrons. The lowest BCUT2D eigenvalue weighted by molar-refractivity contribution is -0.206. The van der Waals surface area contributed by atoms with Crippen LogP contribution in [0.15, 0.2) is 30.3 Å². The average Bonchev–Trinajstić information content (AvgIpc) is 2.52. The number of carboxylic acids is 1. The van der Waals surface area contributed by atoms with E-state index in [2.05, 4.69) is 0 Å². The van der Waals surface area contributed by atoms with Crippen LogP contribution in [0.4, 0.5) is 18.0 Å². The van der Waals surface area contributed by atoms with E-state index in [1.807, 2.05) is 0 Å². The lowest BCUT2D eigenvalue weighted by atomic mass is 9.85. The van der Waals surface area contributed by atoms with Gasteiger partial charge in [-0.2, -0.15) is 13.2 Å². The summed E-state index contributed by atoms with van der Waals surface area (Å²) in [6.45, 7) is -0.819. The van der Waals surface area contributed by atoms with Crippen molar-refractivity contribution in [3.8, 4) is 0 Å². The summed E-state index contributed by atoms with van der Waals surface area (Å²) >= 11 is 0. The number of ether oxygens (including phenoxy) is 1. The number of carbonyl (C=O) groups excluding carboxylic acids is 1. The predicted molar refractivity (Wildman–Crippen MR) is 73.5 cm³/mol. The first-order chi connectivity index (χ1) is 10.8. The molecule has 2 rings (SSSR count). The summed E-state index contributed by atoms with van der Waals surface area (Å²) in [5, 5.41) is 8.91. The standard InChI is InChI=1S/C15H16F3NO4/c16-15(17,18)12-8-19(7-6-11(12)13(20)21)14(22)23-9-10-4-2-1-3-5-10/h1-5,11-12H,6-9H2,(H,20,21)/t11-,12+/m0/s1. The number of benzene rings is 1. The molecular weight excluding hydrogens is 315 g/mol. The predicted octanol–water partition coefficient (Wildman–Crippen LogP) is 2.91. The lowest BCUT2D eigenvalue weighted by Gasteiger charge is -2.36. The topological polar surface area (TPSA) is 66.8 Å². The van der Waals surface area contributed by atoms with Crippen molar-refractivity contribution >= 4 is 12.1 Å². The summed E-state index contributed by atoms with van der Waals surface area (Å²) in [6.07, 6.45) is -5.80. The Morgan fingerprint density at radius 3 is 2.48 bits per heavy atom. The zero-order chi connectivity index (χ0) is 17.0. The molecule has 0 unspecified atom stereocenters. The fourth-order valence-corrected chi connectivity index (χ4v) is 2.56. The fourth-order valence-electron chi connectivity index (χ4n) is 2.56. The van der Waals surface area contributed by atoms with Gasteiger partial charge in [-0.05, 0) is 12.0 Å². The van der Waals surface area contributed by atoms with Crippen LogP contribution >= 0.6 is 0 Å². The van der Waals surface area contributed by atoms with Gasteiger partial charge in [-0.3, -0.25) is 4.79 Å². The SMILES string of the molecule is O=C(O)[C@H]1CCN(C(=O)OCc2ccccc2)C[C@H]1C(F)(F)F. The van der Waals surface area contributed by atoms with Gasteiger partial charge < -0.3 is 14.7 Å². The van der Waals surface area contributed by atoms with Crippen LogP contribution in [-0.2, 0) is 16.1 Å². The van der Waals surface area contributed by atoms with Crippen molar-refractivity contribution in [1.82, 2.24) is 4.90 Å². The minimum Gasteiger partial charge on any atom is -0.481 e. The first-order valence-electron chi connectivity index (χ1n) is 7.04. The molecule has 1 aromatic carbocycles. The highest BCUT2D eigenvalue weighted by molar-refractivity contribution is 5.72. The van der Waals surface area contributed by atoms with Gasteiger partial charge in [0.25, 0.3) is 0 Å². The van der Waals surface area contributed by atoms with E-state index >= 15 is 0 Å². The van der Waals surface area contributed by atoms with Gasteiger partial charge in [-0.25, -0.2) is 4.79 Å². The Kier molecular flexibility index (Phi) is 5.12. The van der Waals surface area contributed by atoms with Crippen LogP contribution in [-0.4, -0.2) is 41.3 Å². The van der Waals surface area contributed by atoms with Crippen LogP contribution in [0.5, 0.6) is 0 Å². The number of amides is 1. The van der Waals surface area contributed by atoms with Gasteiger partial charge in [-0.15, -0.1) is 0 Å². The number of alkyl halides is 3. The molecule has 1 N–H and O–H groups in total. The maximum Gasteiger partial charge on any atom is 0.410 e. The number of carboxylic acid groups (broad SMARTS) is 1. The third kappa shape index (κ3) is 4.37. The number of piperidine rings is 1. The molecule has 1 saturated heterocycles. The summed E-state index contributed by atoms with van der Waals surface area (Å²) in [7, 11) is 0. The van der Waals surface area contributed by atoms with Gasteiger partial charge in [0, 0.05) is 13.1 Å². The molecular formula is C15H16F3NO4. The second kappa shape index (κ2) is 6.89. The summed E-state index contributed by atoms with van der Waals surface area (Å²) in [5.41, 5.74) is 0.716. The van der Waals surface area contributed by atoms with Gasteiger partial charge in [0.2, 0.25) is 0 Å². The minimum absolute atomic E-state index is 0.0464. The number of rotatable bonds is 3. The second-order valence-electron chi connectivity index (χ2n) is 5.37. The average molecular weight is 331 g/mol. The van der Waals surface area contributed by atoms with Crippen molar-refractivity contribution in [3.63, 3.8) is 0 Å². The number of hydrogen-bond donors (Lipinski definition) is 1. The summed E-state index contributed by atoms with van der Waals surface area (Å²) in [4.78, 5) is 23.8. The molecule has 1 aliphatic rings. The van der Waals surface area contributed by atoms with E-state index in [1.165, 1.54) is 0 Å². The number of carbonyl (C=O) groups is 2. The molecule has 0 aliphatic carbocycles. The van der Waals surface area contributed by atoms with Gasteiger partial charge in [0.05, 0.1) is 11.8 Å². The van der Waals surface area contributed by atoms with Crippen molar-refractivity contribution in [3.05, 3.63) is 35.9 Å². The number of hydrogen-bond acceptors (Lipinski definition) is 3. The quantitative estimate of drug-likeness (QED) is 0.925. The third-order valence-electron chi connectivity index (χ3n) is 3.81. The van der Waals surface area contributed by atoms with Gasteiger partial charge >= 0.3 is 18.2 Å². The zero-order valence-corrected chi connectivity index (χ0v) is 12.1. The Labute approximate surface area is 130 Å². The highest BCUT2D eigenvalue weighted by Gasteiger charge is 2.51. The van der Waals surface area contributed by atoms with Gasteiger partial charge in [-0.1, -0.05) is 30.3 Å². The number of nitrogens with zero attached hydrogens (tertiary/aromatic N) is 1. The molecule has 1 heterocycles. The van der Waals surface area contributed by atoms with Gasteiger partial charge in [0.1, 0.15) is 6.61 Å². The van der Waals surface area contributed by atoms with E-state index in [0.29, 0.717) is 5.56 Å². The maximum atomic E-state index is 13.0. The smallest absolute Gasteiger partial charge is 0.410 e. The number of likely N-dealkylation sites (tertiary alicyclic amines) is 1. The molecule has 1 amide bonds. The maximum absolute atomic E-state index is 13.0. The van der Waals surface area contributed by atoms with Crippen LogP contribution in [0.3, 0.4) is 0 Å². The molecule has 1 aliphatic heterocycles. The molecule has 0 spiro atoms. The van der Waals surface area contributed by atoms with Gasteiger partial charge in [0.15, 0.2) is 0 Å². The van der Waals surface area contributed by atoms with Crippen molar-refractivity contribution in [2.45, 2.75) is 19.2 Å². The fraction of sp³-hybridized carbons (Fsp3) is 0.467. The first kappa shape index (κ1) is 17.1. The molecule has 5 nitrogen and oxygen atoms in total. The molecule has 23 heavy (non-hydrogen) atoms. The minimum atomic E-state index is -4.68. The largest absolute Gasteiger partial charge is 0.481 e. The molecule has 0 bridgehead atoms. The van der Waals surface area contributed by atoms with E-state index in [0.717, 1.165) is 4.90 Å². The molecule has 0 aromatic heterocycles. The van der Waals surface area contributed by atoms with E-state index in [4.69, 9.17) is 9.84 Å².